The second-order valence-corrected chi connectivity index (χ2v) is 5.73. The molecule has 100 valence electrons. The van der Waals surface area contributed by atoms with E-state index in [1.54, 1.807) is 7.11 Å². The van der Waals surface area contributed by atoms with Gasteiger partial charge < -0.3 is 9.84 Å². The molecule has 0 amide bonds. The predicted octanol–water partition coefficient (Wildman–Crippen LogP) is 2.04. The molecule has 17 heavy (non-hydrogen) atoms. The fourth-order valence-corrected chi connectivity index (χ4v) is 3.20. The van der Waals surface area contributed by atoms with E-state index in [-0.39, 0.29) is 6.10 Å². The quantitative estimate of drug-likeness (QED) is 0.772. The number of hydrogen-bond donors (Lipinski definition) is 1. The van der Waals surface area contributed by atoms with Crippen LogP contribution in [0.1, 0.15) is 45.4 Å². The van der Waals surface area contributed by atoms with Crippen molar-refractivity contribution in [2.24, 2.45) is 5.92 Å². The summed E-state index contributed by atoms with van der Waals surface area (Å²) in [6, 6.07) is 0.984. The SMILES string of the molecule is COCCN(C(C)C1CC1)[C@@H]1CCCC[C@H]1O. The number of methoxy groups -OCH3 is 1. The van der Waals surface area contributed by atoms with Crippen molar-refractivity contribution in [3.05, 3.63) is 0 Å². The van der Waals surface area contributed by atoms with Gasteiger partial charge in [-0.2, -0.15) is 0 Å². The molecule has 3 nitrogen and oxygen atoms in total. The predicted molar refractivity (Wildman–Crippen MR) is 69.0 cm³/mol. The van der Waals surface area contributed by atoms with Crippen LogP contribution < -0.4 is 0 Å². The summed E-state index contributed by atoms with van der Waals surface area (Å²) in [5.74, 6) is 0.862. The number of hydrogen-bond acceptors (Lipinski definition) is 3. The third-order valence-corrected chi connectivity index (χ3v) is 4.50. The lowest BCUT2D eigenvalue weighted by molar-refractivity contribution is -0.0136. The van der Waals surface area contributed by atoms with Gasteiger partial charge in [-0.05, 0) is 38.5 Å². The number of aliphatic hydroxyl groups excluding tert-OH is 1. The molecular formula is C14H27NO2. The van der Waals surface area contributed by atoms with Crippen LogP contribution in [0.2, 0.25) is 0 Å². The molecule has 1 N–H and O–H groups in total. The Balaban J connectivity index is 1.96. The monoisotopic (exact) mass is 241 g/mol. The van der Waals surface area contributed by atoms with Crippen molar-refractivity contribution in [3.8, 4) is 0 Å². The first kappa shape index (κ1) is 13.3. The summed E-state index contributed by atoms with van der Waals surface area (Å²) in [4.78, 5) is 2.52. The first-order valence-electron chi connectivity index (χ1n) is 7.16. The summed E-state index contributed by atoms with van der Waals surface area (Å²) in [6.45, 7) is 4.07. The van der Waals surface area contributed by atoms with Crippen molar-refractivity contribution in [2.45, 2.75) is 63.6 Å². The zero-order valence-electron chi connectivity index (χ0n) is 11.3. The van der Waals surface area contributed by atoms with Crippen LogP contribution >= 0.6 is 0 Å². The first-order chi connectivity index (χ1) is 8.24. The minimum absolute atomic E-state index is 0.123. The molecule has 2 rings (SSSR count). The fourth-order valence-electron chi connectivity index (χ4n) is 3.20. The zero-order chi connectivity index (χ0) is 12.3. The van der Waals surface area contributed by atoms with Crippen molar-refractivity contribution < 1.29 is 9.84 Å². The lowest BCUT2D eigenvalue weighted by atomic mass is 9.90. The first-order valence-corrected chi connectivity index (χ1v) is 7.16. The van der Waals surface area contributed by atoms with Crippen LogP contribution in [0.15, 0.2) is 0 Å². The number of nitrogens with zero attached hydrogens (tertiary/aromatic N) is 1. The van der Waals surface area contributed by atoms with Crippen molar-refractivity contribution in [1.29, 1.82) is 0 Å². The summed E-state index contributed by atoms with van der Waals surface area (Å²) in [7, 11) is 1.76. The van der Waals surface area contributed by atoms with E-state index in [2.05, 4.69) is 11.8 Å². The number of rotatable bonds is 6. The second-order valence-electron chi connectivity index (χ2n) is 5.73. The molecule has 0 aromatic carbocycles. The van der Waals surface area contributed by atoms with Gasteiger partial charge in [0.2, 0.25) is 0 Å². The molecular weight excluding hydrogens is 214 g/mol. The Bertz CT molecular complexity index is 230. The molecule has 0 spiro atoms. The normalized spacial score (nSPS) is 31.8. The number of aliphatic hydroxyl groups is 1. The Morgan fingerprint density at radius 1 is 1.24 bits per heavy atom. The Labute approximate surface area is 105 Å². The van der Waals surface area contributed by atoms with Crippen molar-refractivity contribution >= 4 is 0 Å². The Morgan fingerprint density at radius 3 is 2.53 bits per heavy atom. The van der Waals surface area contributed by atoms with Gasteiger partial charge in [0.15, 0.2) is 0 Å². The molecule has 0 radical (unpaired) electrons. The minimum Gasteiger partial charge on any atom is -0.391 e. The highest BCUT2D eigenvalue weighted by molar-refractivity contribution is 4.91. The van der Waals surface area contributed by atoms with Crippen LogP contribution in [0.5, 0.6) is 0 Å². The lowest BCUT2D eigenvalue weighted by Gasteiger charge is -2.41. The van der Waals surface area contributed by atoms with E-state index in [4.69, 9.17) is 4.74 Å². The van der Waals surface area contributed by atoms with E-state index in [1.165, 1.54) is 25.7 Å². The molecule has 3 atom stereocenters. The topological polar surface area (TPSA) is 32.7 Å². The molecule has 1 unspecified atom stereocenters. The highest BCUT2D eigenvalue weighted by Crippen LogP contribution is 2.37. The average molecular weight is 241 g/mol. The molecule has 0 aliphatic heterocycles. The molecule has 0 heterocycles. The summed E-state index contributed by atoms with van der Waals surface area (Å²) in [5.41, 5.74) is 0. The van der Waals surface area contributed by atoms with Crippen molar-refractivity contribution in [3.63, 3.8) is 0 Å². The third kappa shape index (κ3) is 3.43. The lowest BCUT2D eigenvalue weighted by Crippen LogP contribution is -2.51. The third-order valence-electron chi connectivity index (χ3n) is 4.50. The minimum atomic E-state index is -0.123. The van der Waals surface area contributed by atoms with Gasteiger partial charge in [-0.1, -0.05) is 12.8 Å². The highest BCUT2D eigenvalue weighted by Gasteiger charge is 2.37. The summed E-state index contributed by atoms with van der Waals surface area (Å²) in [5, 5.41) is 10.2. The second kappa shape index (κ2) is 6.17. The van der Waals surface area contributed by atoms with E-state index in [0.29, 0.717) is 12.1 Å². The van der Waals surface area contributed by atoms with Crippen LogP contribution in [-0.2, 0) is 4.74 Å². The summed E-state index contributed by atoms with van der Waals surface area (Å²) >= 11 is 0. The van der Waals surface area contributed by atoms with E-state index in [1.807, 2.05) is 0 Å². The summed E-state index contributed by atoms with van der Waals surface area (Å²) in [6.07, 6.45) is 7.20. The van der Waals surface area contributed by atoms with Crippen LogP contribution in [0, 0.1) is 5.92 Å². The maximum absolute atomic E-state index is 10.2. The van der Waals surface area contributed by atoms with Gasteiger partial charge in [-0.15, -0.1) is 0 Å². The Morgan fingerprint density at radius 2 is 1.94 bits per heavy atom. The largest absolute Gasteiger partial charge is 0.391 e. The molecule has 2 saturated carbocycles. The average Bonchev–Trinajstić information content (AvgIpc) is 3.15. The van der Waals surface area contributed by atoms with Gasteiger partial charge in [0.1, 0.15) is 0 Å². The smallest absolute Gasteiger partial charge is 0.0695 e. The van der Waals surface area contributed by atoms with E-state index < -0.39 is 0 Å². The van der Waals surface area contributed by atoms with Crippen molar-refractivity contribution in [1.82, 2.24) is 4.90 Å². The van der Waals surface area contributed by atoms with Crippen LogP contribution in [-0.4, -0.2) is 48.5 Å². The maximum atomic E-state index is 10.2. The van der Waals surface area contributed by atoms with Gasteiger partial charge in [-0.25, -0.2) is 0 Å². The molecule has 0 saturated heterocycles. The molecule has 3 heteroatoms. The fraction of sp³-hybridized carbons (Fsp3) is 1.00. The highest BCUT2D eigenvalue weighted by atomic mass is 16.5. The van der Waals surface area contributed by atoms with Gasteiger partial charge in [0.05, 0.1) is 12.7 Å². The zero-order valence-corrected chi connectivity index (χ0v) is 11.3. The summed E-state index contributed by atoms with van der Waals surface area (Å²) < 4.78 is 5.23. The maximum Gasteiger partial charge on any atom is 0.0695 e. The molecule has 0 bridgehead atoms. The van der Waals surface area contributed by atoms with Gasteiger partial charge >= 0.3 is 0 Å². The van der Waals surface area contributed by atoms with Crippen LogP contribution in [0.4, 0.5) is 0 Å². The van der Waals surface area contributed by atoms with E-state index >= 15 is 0 Å². The Hall–Kier alpha value is -0.120. The number of ether oxygens (including phenoxy) is 1. The van der Waals surface area contributed by atoms with Crippen molar-refractivity contribution in [2.75, 3.05) is 20.3 Å². The van der Waals surface area contributed by atoms with Crippen LogP contribution in [0.3, 0.4) is 0 Å². The van der Waals surface area contributed by atoms with Gasteiger partial charge in [-0.3, -0.25) is 4.90 Å². The van der Waals surface area contributed by atoms with Crippen LogP contribution in [0.25, 0.3) is 0 Å². The van der Waals surface area contributed by atoms with Gasteiger partial charge in [0, 0.05) is 25.7 Å². The van der Waals surface area contributed by atoms with E-state index in [0.717, 1.165) is 31.9 Å². The standard InChI is InChI=1S/C14H27NO2/c1-11(12-7-8-12)15(9-10-17-2)13-5-3-4-6-14(13)16/h11-14,16H,3-10H2,1-2H3/t11?,13-,14-/m1/s1. The van der Waals surface area contributed by atoms with Gasteiger partial charge in [0.25, 0.3) is 0 Å². The molecule has 0 aromatic rings. The molecule has 2 fully saturated rings. The molecule has 0 aromatic heterocycles. The molecule has 2 aliphatic rings. The van der Waals surface area contributed by atoms with E-state index in [9.17, 15) is 5.11 Å². The Kier molecular flexibility index (Phi) is 4.83. The molecule has 2 aliphatic carbocycles.